The molecular formula is C16H14FN5O2S2. The van der Waals surface area contributed by atoms with Gasteiger partial charge in [0.1, 0.15) is 5.82 Å². The number of nitrogens with zero attached hydrogens (tertiary/aromatic N) is 4. The highest BCUT2D eigenvalue weighted by atomic mass is 32.2. The van der Waals surface area contributed by atoms with E-state index in [4.69, 9.17) is 0 Å². The summed E-state index contributed by atoms with van der Waals surface area (Å²) < 4.78 is 15.1. The molecule has 0 bridgehead atoms. The molecule has 0 aliphatic rings. The van der Waals surface area contributed by atoms with Gasteiger partial charge >= 0.3 is 0 Å². The number of hydrogen-bond acceptors (Lipinski definition) is 7. The number of anilines is 1. The van der Waals surface area contributed by atoms with Crippen molar-refractivity contribution in [3.8, 4) is 5.69 Å². The van der Waals surface area contributed by atoms with Crippen LogP contribution in [0.25, 0.3) is 5.69 Å². The van der Waals surface area contributed by atoms with Crippen molar-refractivity contribution in [3.05, 3.63) is 58.3 Å². The minimum Gasteiger partial charge on any atom is -0.295 e. The molecule has 0 aliphatic heterocycles. The van der Waals surface area contributed by atoms with Gasteiger partial charge in [0.2, 0.25) is 10.6 Å². The van der Waals surface area contributed by atoms with Crippen LogP contribution in [0.4, 0.5) is 9.52 Å². The lowest BCUT2D eigenvalue weighted by Gasteiger charge is -2.06. The smallest absolute Gasteiger partial charge is 0.282 e. The highest BCUT2D eigenvalue weighted by Gasteiger charge is 2.16. The molecule has 3 rings (SSSR count). The van der Waals surface area contributed by atoms with E-state index in [-0.39, 0.29) is 11.5 Å². The van der Waals surface area contributed by atoms with Crippen molar-refractivity contribution in [2.45, 2.75) is 17.7 Å². The molecule has 2 heterocycles. The zero-order chi connectivity index (χ0) is 18.5. The Morgan fingerprint density at radius 2 is 2.04 bits per heavy atom. The zero-order valence-corrected chi connectivity index (χ0v) is 15.3. The minimum absolute atomic E-state index is 0.283. The fourth-order valence-corrected chi connectivity index (χ4v) is 3.64. The number of halogens is 1. The van der Waals surface area contributed by atoms with Crippen LogP contribution in [0.15, 0.2) is 45.7 Å². The van der Waals surface area contributed by atoms with E-state index in [2.05, 4.69) is 27.5 Å². The van der Waals surface area contributed by atoms with E-state index in [1.54, 1.807) is 11.8 Å². The first-order valence-electron chi connectivity index (χ1n) is 7.70. The van der Waals surface area contributed by atoms with Gasteiger partial charge in [-0.1, -0.05) is 30.0 Å². The normalized spacial score (nSPS) is 10.7. The van der Waals surface area contributed by atoms with E-state index in [0.29, 0.717) is 10.8 Å². The van der Waals surface area contributed by atoms with Gasteiger partial charge in [-0.15, -0.1) is 10.2 Å². The molecule has 0 fully saturated rings. The first-order chi connectivity index (χ1) is 12.6. The minimum atomic E-state index is -0.672. The van der Waals surface area contributed by atoms with Crippen LogP contribution >= 0.6 is 23.1 Å². The van der Waals surface area contributed by atoms with Gasteiger partial charge in [-0.3, -0.25) is 14.9 Å². The Kier molecular flexibility index (Phi) is 5.74. The van der Waals surface area contributed by atoms with Crippen LogP contribution in [-0.2, 0) is 0 Å². The lowest BCUT2D eigenvalue weighted by molar-refractivity contribution is 0.101. The van der Waals surface area contributed by atoms with Crippen molar-refractivity contribution >= 4 is 34.1 Å². The van der Waals surface area contributed by atoms with Crippen molar-refractivity contribution < 1.29 is 9.18 Å². The number of aromatic nitrogens is 4. The first-order valence-corrected chi connectivity index (χ1v) is 9.50. The monoisotopic (exact) mass is 391 g/mol. The summed E-state index contributed by atoms with van der Waals surface area (Å²) in [6.45, 7) is 2.06. The van der Waals surface area contributed by atoms with E-state index < -0.39 is 11.3 Å². The molecular weight excluding hydrogens is 377 g/mol. The maximum atomic E-state index is 13.0. The summed E-state index contributed by atoms with van der Waals surface area (Å²) in [5.74, 6) is -0.152. The van der Waals surface area contributed by atoms with Gasteiger partial charge in [-0.25, -0.2) is 9.07 Å². The topological polar surface area (TPSA) is 89.8 Å². The average molecular weight is 391 g/mol. The number of hydrogen-bond donors (Lipinski definition) is 1. The third-order valence-electron chi connectivity index (χ3n) is 3.17. The first kappa shape index (κ1) is 18.2. The number of thioether (sulfide) groups is 1. The average Bonchev–Trinajstić information content (AvgIpc) is 3.08. The van der Waals surface area contributed by atoms with E-state index in [0.717, 1.165) is 16.5 Å². The van der Waals surface area contributed by atoms with Gasteiger partial charge in [0.25, 0.3) is 5.91 Å². The molecule has 0 spiro atoms. The summed E-state index contributed by atoms with van der Waals surface area (Å²) in [6, 6.07) is 6.76. The molecule has 3 aromatic rings. The molecule has 2 aromatic heterocycles. The molecule has 0 saturated carbocycles. The van der Waals surface area contributed by atoms with Crippen molar-refractivity contribution in [2.24, 2.45) is 0 Å². The predicted octanol–water partition coefficient (Wildman–Crippen LogP) is 2.98. The summed E-state index contributed by atoms with van der Waals surface area (Å²) in [4.78, 5) is 24.4. The zero-order valence-electron chi connectivity index (χ0n) is 13.7. The highest BCUT2D eigenvalue weighted by molar-refractivity contribution is 8.01. The summed E-state index contributed by atoms with van der Waals surface area (Å²) in [5, 5.41) is 14.7. The van der Waals surface area contributed by atoms with E-state index in [1.807, 2.05) is 0 Å². The number of amides is 1. The lowest BCUT2D eigenvalue weighted by Crippen LogP contribution is -2.25. The molecule has 1 amide bonds. The molecule has 0 unspecified atom stereocenters. The van der Waals surface area contributed by atoms with Gasteiger partial charge in [-0.2, -0.15) is 5.10 Å². The SMILES string of the molecule is CCCSc1nnc(NC(=O)c2nn(-c3ccc(F)cc3)ccc2=O)s1. The quantitative estimate of drug-likeness (QED) is 0.513. The molecule has 0 atom stereocenters. The summed E-state index contributed by atoms with van der Waals surface area (Å²) in [6.07, 6.45) is 2.42. The molecule has 1 aromatic carbocycles. The van der Waals surface area contributed by atoms with Crippen LogP contribution in [-0.4, -0.2) is 31.6 Å². The van der Waals surface area contributed by atoms with E-state index in [1.165, 1.54) is 52.5 Å². The molecule has 26 heavy (non-hydrogen) atoms. The molecule has 0 radical (unpaired) electrons. The Labute approximate surface area is 156 Å². The largest absolute Gasteiger partial charge is 0.295 e. The third kappa shape index (κ3) is 4.33. The molecule has 0 saturated heterocycles. The van der Waals surface area contributed by atoms with Crippen molar-refractivity contribution in [3.63, 3.8) is 0 Å². The number of rotatable bonds is 6. The van der Waals surface area contributed by atoms with Crippen LogP contribution in [0, 0.1) is 5.82 Å². The van der Waals surface area contributed by atoms with Crippen LogP contribution in [0.5, 0.6) is 0 Å². The standard InChI is InChI=1S/C16H14FN5O2S2/c1-2-9-25-16-20-19-15(26-16)18-14(24)13-12(23)7-8-22(21-13)11-5-3-10(17)4-6-11/h3-8H,2,9H2,1H3,(H,18,19,24). The van der Waals surface area contributed by atoms with Crippen LogP contribution in [0.3, 0.4) is 0 Å². The summed E-state index contributed by atoms with van der Waals surface area (Å²) in [7, 11) is 0. The number of benzene rings is 1. The van der Waals surface area contributed by atoms with Gasteiger partial charge in [0.15, 0.2) is 10.0 Å². The van der Waals surface area contributed by atoms with Crippen LogP contribution in [0.1, 0.15) is 23.8 Å². The fourth-order valence-electron chi connectivity index (χ4n) is 1.97. The molecule has 7 nitrogen and oxygen atoms in total. The predicted molar refractivity (Wildman–Crippen MR) is 98.7 cm³/mol. The van der Waals surface area contributed by atoms with Gasteiger partial charge < -0.3 is 0 Å². The highest BCUT2D eigenvalue weighted by Crippen LogP contribution is 2.25. The van der Waals surface area contributed by atoms with Gasteiger partial charge in [-0.05, 0) is 30.7 Å². The second kappa shape index (κ2) is 8.19. The molecule has 134 valence electrons. The van der Waals surface area contributed by atoms with Gasteiger partial charge in [0, 0.05) is 18.0 Å². The Morgan fingerprint density at radius 3 is 2.77 bits per heavy atom. The lowest BCUT2D eigenvalue weighted by atomic mass is 10.3. The fraction of sp³-hybridized carbons (Fsp3) is 0.188. The molecule has 0 aliphatic carbocycles. The second-order valence-corrected chi connectivity index (χ2v) is 7.44. The van der Waals surface area contributed by atoms with Crippen molar-refractivity contribution in [1.29, 1.82) is 0 Å². The van der Waals surface area contributed by atoms with Crippen molar-refractivity contribution in [2.75, 3.05) is 11.1 Å². The van der Waals surface area contributed by atoms with Crippen LogP contribution < -0.4 is 10.7 Å². The van der Waals surface area contributed by atoms with Crippen molar-refractivity contribution in [1.82, 2.24) is 20.0 Å². The maximum Gasteiger partial charge on any atom is 0.282 e. The summed E-state index contributed by atoms with van der Waals surface area (Å²) >= 11 is 2.78. The van der Waals surface area contributed by atoms with Gasteiger partial charge in [0.05, 0.1) is 5.69 Å². The Hall–Kier alpha value is -2.59. The Balaban J connectivity index is 1.80. The maximum absolute atomic E-state index is 13.0. The van der Waals surface area contributed by atoms with E-state index in [9.17, 15) is 14.0 Å². The van der Waals surface area contributed by atoms with Crippen LogP contribution in [0.2, 0.25) is 0 Å². The number of nitrogens with one attached hydrogen (secondary N) is 1. The second-order valence-electron chi connectivity index (χ2n) is 5.13. The molecule has 10 heteroatoms. The summed E-state index contributed by atoms with van der Waals surface area (Å²) in [5.41, 5.74) is -0.282. The van der Waals surface area contributed by atoms with E-state index >= 15 is 0 Å². The molecule has 1 N–H and O–H groups in total. The third-order valence-corrected chi connectivity index (χ3v) is 5.35. The number of carbonyl (C=O) groups excluding carboxylic acids is 1. The Morgan fingerprint density at radius 1 is 1.27 bits per heavy atom. The Bertz CT molecular complexity index is 971. The number of carbonyl (C=O) groups is 1.